The second kappa shape index (κ2) is 24.6. The Labute approximate surface area is 410 Å². The Morgan fingerprint density at radius 2 is 0.691 bits per heavy atom. The average molecular weight is 960 g/mol. The van der Waals surface area contributed by atoms with Gasteiger partial charge in [-0.05, 0) is 121 Å². The van der Waals surface area contributed by atoms with E-state index in [0.29, 0.717) is 85.0 Å². The maximum atomic E-state index is 13.6. The van der Waals surface area contributed by atoms with Crippen LogP contribution in [-0.2, 0) is 35.3 Å². The minimum atomic E-state index is -0.309. The van der Waals surface area contributed by atoms with Crippen LogP contribution in [0.5, 0.6) is 34.5 Å². The topological polar surface area (TPSA) is 114 Å². The molecule has 0 unspecified atom stereocenters. The van der Waals surface area contributed by atoms with Crippen LogP contribution in [0.15, 0.2) is 109 Å². The molecule has 0 aromatic heterocycles. The lowest BCUT2D eigenvalue weighted by molar-refractivity contribution is -0.118. The van der Waals surface area contributed by atoms with E-state index in [2.05, 4.69) is 74.7 Å². The minimum absolute atomic E-state index is 0.193. The number of benzene rings is 6. The standard InChI is InChI=1S/C56H60Cl2N2O8/c1-5-23-63-53-37-11-9-12-38(53)28-42-32-48(60-52(62)36-68-50-21-17-46(58)18-22-50)34-44(56(42)66-26-8-4)30-40-14-10-13-39(54(40)64-24-6-2)29-43-33-47(31-41(27-37)55(43)65-25-7-3)59-51(61)35-67-49-19-15-45(57)16-20-49/h9-22,31-34H,5-8,23-30,35-36H2,1-4H3,(H,59,61)(H,60,62). The van der Waals surface area contributed by atoms with E-state index in [0.717, 1.165) is 93.2 Å². The van der Waals surface area contributed by atoms with Gasteiger partial charge in [0.1, 0.15) is 34.5 Å². The molecule has 1 aliphatic rings. The van der Waals surface area contributed by atoms with Crippen molar-refractivity contribution in [3.8, 4) is 34.5 Å². The summed E-state index contributed by atoms with van der Waals surface area (Å²) in [4.78, 5) is 27.2. The third-order valence-corrected chi connectivity index (χ3v) is 11.6. The van der Waals surface area contributed by atoms with E-state index < -0.39 is 0 Å². The number of hydrogen-bond acceptors (Lipinski definition) is 8. The van der Waals surface area contributed by atoms with Gasteiger partial charge in [0.2, 0.25) is 0 Å². The molecule has 1 aliphatic carbocycles. The predicted molar refractivity (Wildman–Crippen MR) is 271 cm³/mol. The molecule has 0 aliphatic heterocycles. The molecular weight excluding hydrogens is 900 g/mol. The normalized spacial score (nSPS) is 11.9. The van der Waals surface area contributed by atoms with E-state index in [1.54, 1.807) is 48.5 Å². The molecule has 0 radical (unpaired) electrons. The number of carbonyl (C=O) groups excluding carboxylic acids is 2. The lowest BCUT2D eigenvalue weighted by atomic mass is 9.90. The summed E-state index contributed by atoms with van der Waals surface area (Å²) in [6.45, 7) is 9.97. The number of anilines is 2. The summed E-state index contributed by atoms with van der Waals surface area (Å²) in [7, 11) is 0. The monoisotopic (exact) mass is 958 g/mol. The molecule has 0 saturated heterocycles. The maximum absolute atomic E-state index is 13.6. The Morgan fingerprint density at radius 3 is 0.971 bits per heavy atom. The number of rotatable bonds is 20. The Balaban J connectivity index is 1.37. The Kier molecular flexibility index (Phi) is 17.9. The number of para-hydroxylation sites is 2. The summed E-state index contributed by atoms with van der Waals surface area (Å²) in [5, 5.41) is 7.41. The van der Waals surface area contributed by atoms with Crippen molar-refractivity contribution < 1.29 is 38.0 Å². The highest BCUT2D eigenvalue weighted by molar-refractivity contribution is 6.30. The molecular formula is C56H60Cl2N2O8. The molecule has 0 fully saturated rings. The number of nitrogens with one attached hydrogen (secondary N) is 2. The first-order valence-corrected chi connectivity index (χ1v) is 24.3. The van der Waals surface area contributed by atoms with Gasteiger partial charge in [-0.2, -0.15) is 0 Å². The van der Waals surface area contributed by atoms with Gasteiger partial charge in [0.05, 0.1) is 26.4 Å². The van der Waals surface area contributed by atoms with Gasteiger partial charge in [0.15, 0.2) is 13.2 Å². The highest BCUT2D eigenvalue weighted by atomic mass is 35.5. The van der Waals surface area contributed by atoms with Crippen molar-refractivity contribution >= 4 is 46.4 Å². The van der Waals surface area contributed by atoms with Crippen molar-refractivity contribution in [2.24, 2.45) is 0 Å². The van der Waals surface area contributed by atoms with Crippen molar-refractivity contribution in [3.05, 3.63) is 164 Å². The fraction of sp³-hybridized carbons (Fsp3) is 0.321. The molecule has 10 nitrogen and oxygen atoms in total. The van der Waals surface area contributed by atoms with Gasteiger partial charge in [-0.15, -0.1) is 0 Å². The van der Waals surface area contributed by atoms with Crippen molar-refractivity contribution in [2.75, 3.05) is 50.3 Å². The van der Waals surface area contributed by atoms with Crippen LogP contribution in [0.1, 0.15) is 97.9 Å². The molecule has 2 amide bonds. The summed E-state index contributed by atoms with van der Waals surface area (Å²) in [6.07, 6.45) is 4.98. The van der Waals surface area contributed by atoms with Gasteiger partial charge in [-0.25, -0.2) is 0 Å². The number of carbonyl (C=O) groups is 2. The van der Waals surface area contributed by atoms with Gasteiger partial charge in [-0.1, -0.05) is 87.3 Å². The molecule has 0 heterocycles. The van der Waals surface area contributed by atoms with E-state index in [1.807, 2.05) is 24.3 Å². The molecule has 0 atom stereocenters. The van der Waals surface area contributed by atoms with Gasteiger partial charge in [-0.3, -0.25) is 9.59 Å². The van der Waals surface area contributed by atoms with Gasteiger partial charge in [0, 0.05) is 69.4 Å². The number of halogens is 2. The number of hydrogen-bond donors (Lipinski definition) is 2. The van der Waals surface area contributed by atoms with Crippen molar-refractivity contribution in [1.82, 2.24) is 0 Å². The lowest BCUT2D eigenvalue weighted by Gasteiger charge is -2.24. The maximum Gasteiger partial charge on any atom is 0.262 e. The van der Waals surface area contributed by atoms with Crippen LogP contribution >= 0.6 is 23.2 Å². The molecule has 8 bridgehead atoms. The third kappa shape index (κ3) is 13.4. The zero-order chi connectivity index (χ0) is 47.8. The summed E-state index contributed by atoms with van der Waals surface area (Å²) in [5.74, 6) is 3.51. The quantitative estimate of drug-likeness (QED) is 0.0777. The number of fused-ring (bicyclic) bond motifs is 8. The van der Waals surface area contributed by atoms with E-state index in [4.69, 9.17) is 51.6 Å². The second-order valence-electron chi connectivity index (χ2n) is 16.7. The van der Waals surface area contributed by atoms with Crippen LogP contribution in [0.2, 0.25) is 10.0 Å². The molecule has 2 N–H and O–H groups in total. The van der Waals surface area contributed by atoms with E-state index in [-0.39, 0.29) is 25.0 Å². The first kappa shape index (κ1) is 49.5. The zero-order valence-electron chi connectivity index (χ0n) is 39.3. The highest BCUT2D eigenvalue weighted by Gasteiger charge is 2.24. The van der Waals surface area contributed by atoms with Crippen LogP contribution < -0.4 is 39.1 Å². The Hall–Kier alpha value is -6.36. The predicted octanol–water partition coefficient (Wildman–Crippen LogP) is 12.9. The highest BCUT2D eigenvalue weighted by Crippen LogP contribution is 2.41. The van der Waals surface area contributed by atoms with Crippen molar-refractivity contribution in [1.29, 1.82) is 0 Å². The van der Waals surface area contributed by atoms with Crippen molar-refractivity contribution in [2.45, 2.75) is 79.1 Å². The van der Waals surface area contributed by atoms with E-state index in [9.17, 15) is 9.59 Å². The van der Waals surface area contributed by atoms with Gasteiger partial charge >= 0.3 is 0 Å². The SMILES string of the molecule is CCCOc1c2cccc1Cc1cc(NC(=O)COc3ccc(Cl)cc3)cc(c1OCCC)Cc1cccc(c1OCCC)Cc1cc(NC(=O)COc3ccc(Cl)cc3)cc(c1OCCC)C2. The fourth-order valence-corrected chi connectivity index (χ4v) is 8.40. The van der Waals surface area contributed by atoms with Crippen molar-refractivity contribution in [3.63, 3.8) is 0 Å². The molecule has 6 aromatic rings. The number of amides is 2. The van der Waals surface area contributed by atoms with Crippen LogP contribution in [0.3, 0.4) is 0 Å². The smallest absolute Gasteiger partial charge is 0.262 e. The largest absolute Gasteiger partial charge is 0.493 e. The molecule has 6 aromatic carbocycles. The minimum Gasteiger partial charge on any atom is -0.493 e. The Morgan fingerprint density at radius 1 is 0.412 bits per heavy atom. The molecule has 12 heteroatoms. The number of ether oxygens (including phenoxy) is 6. The molecule has 0 spiro atoms. The van der Waals surface area contributed by atoms with Crippen LogP contribution in [-0.4, -0.2) is 51.5 Å². The fourth-order valence-electron chi connectivity index (χ4n) is 8.14. The average Bonchev–Trinajstić information content (AvgIpc) is 3.32. The van der Waals surface area contributed by atoms with Gasteiger partial charge in [0.25, 0.3) is 11.8 Å². The second-order valence-corrected chi connectivity index (χ2v) is 17.6. The zero-order valence-corrected chi connectivity index (χ0v) is 40.8. The summed E-state index contributed by atoms with van der Waals surface area (Å²) in [6, 6.07) is 34.2. The summed E-state index contributed by atoms with van der Waals surface area (Å²) >= 11 is 12.2. The Bertz CT molecular complexity index is 2380. The third-order valence-electron chi connectivity index (χ3n) is 11.1. The van der Waals surface area contributed by atoms with E-state index >= 15 is 0 Å². The lowest BCUT2D eigenvalue weighted by Crippen LogP contribution is -2.20. The molecule has 356 valence electrons. The van der Waals surface area contributed by atoms with Crippen LogP contribution in [0.25, 0.3) is 0 Å². The summed E-state index contributed by atoms with van der Waals surface area (Å²) in [5.41, 5.74) is 8.63. The molecule has 7 rings (SSSR count). The van der Waals surface area contributed by atoms with E-state index in [1.165, 1.54) is 0 Å². The summed E-state index contributed by atoms with van der Waals surface area (Å²) < 4.78 is 38.5. The van der Waals surface area contributed by atoms with Crippen LogP contribution in [0, 0.1) is 0 Å². The molecule has 68 heavy (non-hydrogen) atoms. The van der Waals surface area contributed by atoms with Crippen LogP contribution in [0.4, 0.5) is 11.4 Å². The first-order valence-electron chi connectivity index (χ1n) is 23.5. The molecule has 0 saturated carbocycles. The van der Waals surface area contributed by atoms with Gasteiger partial charge < -0.3 is 39.1 Å². The first-order chi connectivity index (χ1) is 33.1.